The van der Waals surface area contributed by atoms with Crippen LogP contribution in [0.4, 0.5) is 0 Å². The molecule has 0 atom stereocenters. The molecule has 0 nitrogen and oxygen atoms in total. The van der Waals surface area contributed by atoms with Crippen molar-refractivity contribution in [2.75, 3.05) is 0 Å². The van der Waals surface area contributed by atoms with Gasteiger partial charge in [-0.25, -0.2) is 0 Å². The third-order valence-electron chi connectivity index (χ3n) is 8.17. The molecule has 0 bridgehead atoms. The molecule has 0 fully saturated rings. The van der Waals surface area contributed by atoms with Crippen molar-refractivity contribution in [3.05, 3.63) is 157 Å². The van der Waals surface area contributed by atoms with E-state index in [1.807, 2.05) is 0 Å². The zero-order valence-corrected chi connectivity index (χ0v) is 22.9. The molecule has 0 heteroatoms. The van der Waals surface area contributed by atoms with Crippen LogP contribution in [0.3, 0.4) is 0 Å². The molecule has 0 unspecified atom stereocenters. The molecule has 40 heavy (non-hydrogen) atoms. The largest absolute Gasteiger partial charge is 0.0622 e. The van der Waals surface area contributed by atoms with Gasteiger partial charge in [0.1, 0.15) is 0 Å². The van der Waals surface area contributed by atoms with Gasteiger partial charge in [-0.2, -0.15) is 0 Å². The van der Waals surface area contributed by atoms with Gasteiger partial charge in [0.05, 0.1) is 0 Å². The first-order chi connectivity index (χ1) is 19.7. The first-order valence-corrected chi connectivity index (χ1v) is 14.0. The summed E-state index contributed by atoms with van der Waals surface area (Å²) in [6, 6.07) is 53.1. The molecule has 7 aromatic rings. The molecule has 0 aliphatic rings. The first kappa shape index (κ1) is 24.1. The summed E-state index contributed by atoms with van der Waals surface area (Å²) in [5, 5.41) is 5.13. The van der Waals surface area contributed by atoms with Gasteiger partial charge in [-0.05, 0) is 97.1 Å². The van der Waals surface area contributed by atoms with E-state index in [0.29, 0.717) is 0 Å². The average Bonchev–Trinajstić information content (AvgIpc) is 3.01. The fourth-order valence-electron chi connectivity index (χ4n) is 6.15. The SMILES string of the molecule is Cc1ccccc1-c1cc(-c2ccc(-c3c4ccccc4c(-c4ccccc4)c4ccccc34)cc2)ccc1C. The molecule has 0 saturated heterocycles. The van der Waals surface area contributed by atoms with E-state index < -0.39 is 0 Å². The lowest BCUT2D eigenvalue weighted by molar-refractivity contribution is 1.41. The highest BCUT2D eigenvalue weighted by molar-refractivity contribution is 6.21. The molecule has 190 valence electrons. The number of rotatable bonds is 4. The van der Waals surface area contributed by atoms with Crippen molar-refractivity contribution >= 4 is 21.5 Å². The number of benzene rings is 7. The number of aryl methyl sites for hydroxylation is 2. The summed E-state index contributed by atoms with van der Waals surface area (Å²) in [5.41, 5.74) is 12.8. The maximum absolute atomic E-state index is 2.34. The molecule has 0 aliphatic heterocycles. The van der Waals surface area contributed by atoms with Gasteiger partial charge in [-0.15, -0.1) is 0 Å². The Hall–Kier alpha value is -4.94. The average molecular weight is 511 g/mol. The quantitative estimate of drug-likeness (QED) is 0.207. The Morgan fingerprint density at radius 3 is 1.30 bits per heavy atom. The number of fused-ring (bicyclic) bond motifs is 2. The molecule has 7 aromatic carbocycles. The molecule has 0 saturated carbocycles. The Labute approximate surface area is 236 Å². The Morgan fingerprint density at radius 1 is 0.300 bits per heavy atom. The van der Waals surface area contributed by atoms with Crippen LogP contribution in [0.1, 0.15) is 11.1 Å². The third kappa shape index (κ3) is 4.10. The van der Waals surface area contributed by atoms with E-state index in [2.05, 4.69) is 159 Å². The number of hydrogen-bond acceptors (Lipinski definition) is 0. The standard InChI is InChI=1S/C40H30/c1-27-12-6-7-15-33(27)38-26-32(21-20-28(38)2)29-22-24-31(25-23-29)40-36-18-10-8-16-34(36)39(30-13-4-3-5-14-30)35-17-9-11-19-37(35)40/h3-26H,1-2H3. The molecule has 0 N–H and O–H groups in total. The molecule has 0 aliphatic carbocycles. The van der Waals surface area contributed by atoms with Crippen molar-refractivity contribution in [3.8, 4) is 44.5 Å². The minimum absolute atomic E-state index is 1.23. The fourth-order valence-corrected chi connectivity index (χ4v) is 6.15. The lowest BCUT2D eigenvalue weighted by Gasteiger charge is -2.18. The summed E-state index contributed by atoms with van der Waals surface area (Å²) in [6.07, 6.45) is 0. The second-order valence-corrected chi connectivity index (χ2v) is 10.6. The first-order valence-electron chi connectivity index (χ1n) is 14.0. The van der Waals surface area contributed by atoms with Crippen molar-refractivity contribution in [1.82, 2.24) is 0 Å². The Balaban J connectivity index is 1.39. The Bertz CT molecular complexity index is 1940. The van der Waals surface area contributed by atoms with Crippen LogP contribution in [0.5, 0.6) is 0 Å². The van der Waals surface area contributed by atoms with Crippen molar-refractivity contribution < 1.29 is 0 Å². The highest BCUT2D eigenvalue weighted by atomic mass is 14.2. The van der Waals surface area contributed by atoms with Crippen molar-refractivity contribution in [2.45, 2.75) is 13.8 Å². The molecular formula is C40H30. The van der Waals surface area contributed by atoms with Crippen LogP contribution in [0.25, 0.3) is 66.1 Å². The van der Waals surface area contributed by atoms with Gasteiger partial charge in [-0.3, -0.25) is 0 Å². The second-order valence-electron chi connectivity index (χ2n) is 10.6. The minimum Gasteiger partial charge on any atom is -0.0622 e. The lowest BCUT2D eigenvalue weighted by atomic mass is 9.85. The zero-order chi connectivity index (χ0) is 27.1. The van der Waals surface area contributed by atoms with E-state index in [-0.39, 0.29) is 0 Å². The molecular weight excluding hydrogens is 480 g/mol. The Morgan fingerprint density at radius 2 is 0.725 bits per heavy atom. The molecule has 0 aromatic heterocycles. The van der Waals surface area contributed by atoms with Crippen LogP contribution in [-0.2, 0) is 0 Å². The van der Waals surface area contributed by atoms with Crippen LogP contribution in [0, 0.1) is 13.8 Å². The summed E-state index contributed by atoms with van der Waals surface area (Å²) in [4.78, 5) is 0. The molecule has 0 amide bonds. The van der Waals surface area contributed by atoms with Crippen molar-refractivity contribution in [1.29, 1.82) is 0 Å². The topological polar surface area (TPSA) is 0 Å². The summed E-state index contributed by atoms with van der Waals surface area (Å²) < 4.78 is 0. The minimum atomic E-state index is 1.23. The van der Waals surface area contributed by atoms with Crippen molar-refractivity contribution in [3.63, 3.8) is 0 Å². The smallest absolute Gasteiger partial charge is 0.00264 e. The van der Waals surface area contributed by atoms with Gasteiger partial charge in [0.2, 0.25) is 0 Å². The monoisotopic (exact) mass is 510 g/mol. The van der Waals surface area contributed by atoms with E-state index in [4.69, 9.17) is 0 Å². The molecule has 7 rings (SSSR count). The zero-order valence-electron chi connectivity index (χ0n) is 22.9. The maximum atomic E-state index is 2.34. The van der Waals surface area contributed by atoms with E-state index in [0.717, 1.165) is 0 Å². The van der Waals surface area contributed by atoms with Gasteiger partial charge < -0.3 is 0 Å². The van der Waals surface area contributed by atoms with Crippen LogP contribution in [0.2, 0.25) is 0 Å². The summed E-state index contributed by atoms with van der Waals surface area (Å²) >= 11 is 0. The predicted octanol–water partition coefficient (Wildman–Crippen LogP) is 11.3. The van der Waals surface area contributed by atoms with Gasteiger partial charge in [0.15, 0.2) is 0 Å². The van der Waals surface area contributed by atoms with Gasteiger partial charge in [-0.1, -0.05) is 140 Å². The van der Waals surface area contributed by atoms with E-state index >= 15 is 0 Å². The Kier molecular flexibility index (Phi) is 6.02. The predicted molar refractivity (Wildman–Crippen MR) is 173 cm³/mol. The molecule has 0 radical (unpaired) electrons. The van der Waals surface area contributed by atoms with E-state index in [1.54, 1.807) is 0 Å². The number of hydrogen-bond donors (Lipinski definition) is 0. The lowest BCUT2D eigenvalue weighted by Crippen LogP contribution is -1.91. The van der Waals surface area contributed by atoms with Crippen LogP contribution >= 0.6 is 0 Å². The van der Waals surface area contributed by atoms with Crippen LogP contribution < -0.4 is 0 Å². The van der Waals surface area contributed by atoms with E-state index in [9.17, 15) is 0 Å². The maximum Gasteiger partial charge on any atom is -0.00264 e. The fraction of sp³-hybridized carbons (Fsp3) is 0.0500. The summed E-state index contributed by atoms with van der Waals surface area (Å²) in [5.74, 6) is 0. The summed E-state index contributed by atoms with van der Waals surface area (Å²) in [7, 11) is 0. The van der Waals surface area contributed by atoms with Crippen molar-refractivity contribution in [2.24, 2.45) is 0 Å². The molecule has 0 spiro atoms. The van der Waals surface area contributed by atoms with Gasteiger partial charge in [0, 0.05) is 0 Å². The third-order valence-corrected chi connectivity index (χ3v) is 8.17. The normalized spacial score (nSPS) is 11.2. The van der Waals surface area contributed by atoms with Gasteiger partial charge in [0.25, 0.3) is 0 Å². The second kappa shape index (κ2) is 9.98. The van der Waals surface area contributed by atoms with Gasteiger partial charge >= 0.3 is 0 Å². The van der Waals surface area contributed by atoms with Crippen LogP contribution in [-0.4, -0.2) is 0 Å². The van der Waals surface area contributed by atoms with E-state index in [1.165, 1.54) is 77.2 Å². The molecule has 0 heterocycles. The van der Waals surface area contributed by atoms with Crippen LogP contribution in [0.15, 0.2) is 146 Å². The highest BCUT2D eigenvalue weighted by Gasteiger charge is 2.16. The summed E-state index contributed by atoms with van der Waals surface area (Å²) in [6.45, 7) is 4.39. The highest BCUT2D eigenvalue weighted by Crippen LogP contribution is 2.43.